The summed E-state index contributed by atoms with van der Waals surface area (Å²) in [4.78, 5) is 29.8. The van der Waals surface area contributed by atoms with Gasteiger partial charge in [-0.3, -0.25) is 14.5 Å². The van der Waals surface area contributed by atoms with Gasteiger partial charge < -0.3 is 9.64 Å². The fourth-order valence-corrected chi connectivity index (χ4v) is 4.51. The summed E-state index contributed by atoms with van der Waals surface area (Å²) in [6, 6.07) is 19.5. The summed E-state index contributed by atoms with van der Waals surface area (Å²) in [6.07, 6.45) is 0.674. The molecule has 0 N–H and O–H groups in total. The summed E-state index contributed by atoms with van der Waals surface area (Å²) in [6.45, 7) is 4.08. The van der Waals surface area contributed by atoms with E-state index in [9.17, 15) is 9.59 Å². The van der Waals surface area contributed by atoms with Crippen molar-refractivity contribution >= 4 is 11.9 Å². The predicted octanol–water partition coefficient (Wildman–Crippen LogP) is 2.85. The van der Waals surface area contributed by atoms with Gasteiger partial charge in [-0.25, -0.2) is 0 Å². The fourth-order valence-electron chi connectivity index (χ4n) is 4.51. The molecule has 4 rings (SSSR count). The molecule has 0 radical (unpaired) electrons. The number of hydrogen-bond donors (Lipinski definition) is 0. The first-order valence-electron chi connectivity index (χ1n) is 9.96. The Kier molecular flexibility index (Phi) is 5.44. The molecule has 1 amide bonds. The summed E-state index contributed by atoms with van der Waals surface area (Å²) in [5.41, 5.74) is 2.24. The number of nitrogens with zero attached hydrogens (tertiary/aromatic N) is 2. The molecule has 2 aromatic rings. The predicted molar refractivity (Wildman–Crippen MR) is 106 cm³/mol. The van der Waals surface area contributed by atoms with Crippen LogP contribution < -0.4 is 0 Å². The van der Waals surface area contributed by atoms with E-state index in [1.807, 2.05) is 72.5 Å². The van der Waals surface area contributed by atoms with Crippen LogP contribution in [-0.2, 0) is 27.4 Å². The van der Waals surface area contributed by atoms with Gasteiger partial charge in [-0.1, -0.05) is 60.7 Å². The van der Waals surface area contributed by atoms with Gasteiger partial charge in [0.15, 0.2) is 0 Å². The van der Waals surface area contributed by atoms with Crippen molar-refractivity contribution in [2.45, 2.75) is 38.5 Å². The Balaban J connectivity index is 1.55. The first-order valence-corrected chi connectivity index (χ1v) is 9.96. The van der Waals surface area contributed by atoms with Gasteiger partial charge in [0.1, 0.15) is 6.04 Å². The molecule has 0 saturated carbocycles. The fraction of sp³-hybridized carbons (Fsp3) is 0.391. The van der Waals surface area contributed by atoms with Crippen molar-refractivity contribution in [2.24, 2.45) is 5.92 Å². The Hall–Kier alpha value is -2.66. The molecule has 0 aromatic heterocycles. The van der Waals surface area contributed by atoms with E-state index in [0.717, 1.165) is 11.1 Å². The maximum atomic E-state index is 13.3. The number of likely N-dealkylation sites (tertiary alicyclic amines) is 2. The van der Waals surface area contributed by atoms with Crippen LogP contribution in [0.15, 0.2) is 60.7 Å². The van der Waals surface area contributed by atoms with Crippen molar-refractivity contribution < 1.29 is 14.3 Å². The number of rotatable bonds is 6. The Bertz CT molecular complexity index is 824. The highest BCUT2D eigenvalue weighted by Gasteiger charge is 2.53. The number of benzene rings is 2. The molecule has 3 atom stereocenters. The smallest absolute Gasteiger partial charge is 0.323 e. The van der Waals surface area contributed by atoms with Gasteiger partial charge in [0.2, 0.25) is 5.91 Å². The molecule has 146 valence electrons. The molecule has 2 heterocycles. The zero-order chi connectivity index (χ0) is 19.5. The summed E-state index contributed by atoms with van der Waals surface area (Å²) in [5.74, 6) is 0.0705. The monoisotopic (exact) mass is 378 g/mol. The first-order chi connectivity index (χ1) is 13.7. The Labute approximate surface area is 165 Å². The molecule has 0 bridgehead atoms. The molecular formula is C23H26N2O3. The molecule has 3 unspecified atom stereocenters. The van der Waals surface area contributed by atoms with Gasteiger partial charge in [0.25, 0.3) is 0 Å². The Morgan fingerprint density at radius 2 is 1.61 bits per heavy atom. The normalized spacial score (nSPS) is 24.4. The molecule has 5 nitrogen and oxygen atoms in total. The van der Waals surface area contributed by atoms with Crippen molar-refractivity contribution in [1.82, 2.24) is 9.80 Å². The van der Waals surface area contributed by atoms with E-state index in [1.54, 1.807) is 0 Å². The van der Waals surface area contributed by atoms with Crippen LogP contribution in [0.3, 0.4) is 0 Å². The summed E-state index contributed by atoms with van der Waals surface area (Å²) in [5, 5.41) is 0. The maximum Gasteiger partial charge on any atom is 0.323 e. The van der Waals surface area contributed by atoms with E-state index in [2.05, 4.69) is 4.90 Å². The molecule has 0 aliphatic carbocycles. The lowest BCUT2D eigenvalue weighted by Crippen LogP contribution is -2.46. The SMILES string of the molecule is CCOC(=O)C1CC2CN(Cc3ccccc3)C(=O)C2N1Cc1ccccc1. The van der Waals surface area contributed by atoms with Crippen LogP contribution in [0.1, 0.15) is 24.5 Å². The number of fused-ring (bicyclic) bond motifs is 1. The maximum absolute atomic E-state index is 13.3. The Morgan fingerprint density at radius 3 is 2.21 bits per heavy atom. The van der Waals surface area contributed by atoms with E-state index in [0.29, 0.717) is 32.7 Å². The number of carbonyl (C=O) groups excluding carboxylic acids is 2. The minimum atomic E-state index is -0.349. The zero-order valence-electron chi connectivity index (χ0n) is 16.2. The molecule has 2 aromatic carbocycles. The number of esters is 1. The first kappa shape index (κ1) is 18.7. The summed E-state index contributed by atoms with van der Waals surface area (Å²) >= 11 is 0. The minimum Gasteiger partial charge on any atom is -0.465 e. The number of carbonyl (C=O) groups is 2. The highest BCUT2D eigenvalue weighted by atomic mass is 16.5. The van der Waals surface area contributed by atoms with Gasteiger partial charge in [0, 0.05) is 25.6 Å². The lowest BCUT2D eigenvalue weighted by molar-refractivity contribution is -0.150. The van der Waals surface area contributed by atoms with Crippen LogP contribution in [0, 0.1) is 5.92 Å². The van der Waals surface area contributed by atoms with Crippen LogP contribution in [0.25, 0.3) is 0 Å². The van der Waals surface area contributed by atoms with E-state index >= 15 is 0 Å². The average molecular weight is 378 g/mol. The third-order valence-corrected chi connectivity index (χ3v) is 5.73. The van der Waals surface area contributed by atoms with Gasteiger partial charge in [-0.2, -0.15) is 0 Å². The van der Waals surface area contributed by atoms with Crippen LogP contribution >= 0.6 is 0 Å². The van der Waals surface area contributed by atoms with E-state index in [-0.39, 0.29) is 29.9 Å². The molecule has 0 spiro atoms. The highest BCUT2D eigenvalue weighted by Crippen LogP contribution is 2.38. The number of amides is 1. The highest BCUT2D eigenvalue weighted by molar-refractivity contribution is 5.87. The van der Waals surface area contributed by atoms with Gasteiger partial charge in [-0.05, 0) is 24.5 Å². The molecule has 2 aliphatic heterocycles. The standard InChI is InChI=1S/C23H26N2O3/c1-2-28-23(27)20-13-19-16-24(14-17-9-5-3-6-10-17)22(26)21(19)25(20)15-18-11-7-4-8-12-18/h3-12,19-21H,2,13-16H2,1H3. The van der Waals surface area contributed by atoms with E-state index in [4.69, 9.17) is 4.74 Å². The second kappa shape index (κ2) is 8.15. The zero-order valence-corrected chi connectivity index (χ0v) is 16.2. The second-order valence-electron chi connectivity index (χ2n) is 7.57. The second-order valence-corrected chi connectivity index (χ2v) is 7.57. The molecule has 5 heteroatoms. The van der Waals surface area contributed by atoms with Crippen LogP contribution in [0.5, 0.6) is 0 Å². The largest absolute Gasteiger partial charge is 0.465 e. The summed E-state index contributed by atoms with van der Waals surface area (Å²) < 4.78 is 5.31. The van der Waals surface area contributed by atoms with Crippen LogP contribution in [0.2, 0.25) is 0 Å². The lowest BCUT2D eigenvalue weighted by atomic mass is 10.0. The minimum absolute atomic E-state index is 0.122. The molecule has 28 heavy (non-hydrogen) atoms. The third-order valence-electron chi connectivity index (χ3n) is 5.73. The molecule has 2 saturated heterocycles. The van der Waals surface area contributed by atoms with E-state index < -0.39 is 0 Å². The van der Waals surface area contributed by atoms with Crippen molar-refractivity contribution in [3.05, 3.63) is 71.8 Å². The number of ether oxygens (including phenoxy) is 1. The third kappa shape index (κ3) is 3.67. The van der Waals surface area contributed by atoms with Gasteiger partial charge in [0.05, 0.1) is 12.6 Å². The van der Waals surface area contributed by atoms with Crippen LogP contribution in [0.4, 0.5) is 0 Å². The van der Waals surface area contributed by atoms with Crippen molar-refractivity contribution in [2.75, 3.05) is 13.2 Å². The summed E-state index contributed by atoms with van der Waals surface area (Å²) in [7, 11) is 0. The topological polar surface area (TPSA) is 49.9 Å². The van der Waals surface area contributed by atoms with Gasteiger partial charge in [-0.15, -0.1) is 0 Å². The van der Waals surface area contributed by atoms with Crippen molar-refractivity contribution in [3.8, 4) is 0 Å². The van der Waals surface area contributed by atoms with Crippen molar-refractivity contribution in [1.29, 1.82) is 0 Å². The van der Waals surface area contributed by atoms with Gasteiger partial charge >= 0.3 is 5.97 Å². The quantitative estimate of drug-likeness (QED) is 0.726. The number of hydrogen-bond acceptors (Lipinski definition) is 4. The average Bonchev–Trinajstić information content (AvgIpc) is 3.21. The molecule has 2 aliphatic rings. The van der Waals surface area contributed by atoms with E-state index in [1.165, 1.54) is 0 Å². The molecule has 2 fully saturated rings. The molecular weight excluding hydrogens is 352 g/mol. The Morgan fingerprint density at radius 1 is 1.00 bits per heavy atom. The van der Waals surface area contributed by atoms with Crippen molar-refractivity contribution in [3.63, 3.8) is 0 Å². The lowest BCUT2D eigenvalue weighted by Gasteiger charge is -2.28. The van der Waals surface area contributed by atoms with Crippen LogP contribution in [-0.4, -0.2) is 46.9 Å².